The average molecular weight is 395 g/mol. The molecule has 0 saturated carbocycles. The van der Waals surface area contributed by atoms with Crippen molar-refractivity contribution in [2.24, 2.45) is 0 Å². The summed E-state index contributed by atoms with van der Waals surface area (Å²) >= 11 is 1.19. The third-order valence-corrected chi connectivity index (χ3v) is 4.76. The maximum Gasteiger partial charge on any atom is 0.417 e. The topological polar surface area (TPSA) is 99.0 Å². The number of halogens is 3. The van der Waals surface area contributed by atoms with Crippen molar-refractivity contribution < 1.29 is 22.8 Å². The van der Waals surface area contributed by atoms with Gasteiger partial charge in [-0.05, 0) is 12.1 Å². The fourth-order valence-corrected chi connectivity index (χ4v) is 3.33. The fraction of sp³-hybridized carbons (Fsp3) is 0.312. The number of Topliss-reactive ketones (excluding diaryl/α,β-unsaturated/α-hetero) is 1. The fourth-order valence-electron chi connectivity index (χ4n) is 2.48. The Bertz CT molecular complexity index is 904. The van der Waals surface area contributed by atoms with Crippen molar-refractivity contribution in [3.8, 4) is 6.07 Å². The Morgan fingerprint density at radius 1 is 1.44 bits per heavy atom. The summed E-state index contributed by atoms with van der Waals surface area (Å²) in [5.41, 5.74) is -0.625. The van der Waals surface area contributed by atoms with Gasteiger partial charge in [-0.15, -0.1) is 11.3 Å². The normalized spacial score (nSPS) is 15.3. The predicted molar refractivity (Wildman–Crippen MR) is 89.2 cm³/mol. The van der Waals surface area contributed by atoms with Gasteiger partial charge in [0.15, 0.2) is 10.9 Å². The van der Waals surface area contributed by atoms with E-state index in [4.69, 9.17) is 0 Å². The number of ketones is 1. The van der Waals surface area contributed by atoms with Gasteiger partial charge in [-0.25, -0.2) is 9.78 Å². The molecule has 1 aliphatic rings. The van der Waals surface area contributed by atoms with Crippen LogP contribution < -0.4 is 10.2 Å². The van der Waals surface area contributed by atoms with Gasteiger partial charge in [0.25, 0.3) is 0 Å². The van der Waals surface area contributed by atoms with Crippen molar-refractivity contribution in [2.45, 2.75) is 18.5 Å². The summed E-state index contributed by atoms with van der Waals surface area (Å²) in [5.74, 6) is -1.83. The number of carbonyl (C=O) groups excluding carboxylic acids is 2. The molecule has 1 aliphatic heterocycles. The number of urea groups is 1. The van der Waals surface area contributed by atoms with E-state index >= 15 is 0 Å². The number of hydrogen-bond acceptors (Lipinski definition) is 6. The SMILES string of the molecule is N#CC(C(=O)Cc1csc(N2CCNC2=O)n1)c1ccc(C(F)(F)F)cn1. The van der Waals surface area contributed by atoms with E-state index in [1.807, 2.05) is 0 Å². The third kappa shape index (κ3) is 4.06. The Morgan fingerprint density at radius 3 is 2.78 bits per heavy atom. The molecule has 11 heteroatoms. The average Bonchev–Trinajstić information content (AvgIpc) is 3.24. The largest absolute Gasteiger partial charge is 0.417 e. The summed E-state index contributed by atoms with van der Waals surface area (Å²) in [6.07, 6.45) is -4.14. The lowest BCUT2D eigenvalue weighted by Gasteiger charge is -2.10. The quantitative estimate of drug-likeness (QED) is 0.839. The van der Waals surface area contributed by atoms with Crippen molar-refractivity contribution in [1.29, 1.82) is 5.26 Å². The minimum atomic E-state index is -4.55. The zero-order valence-electron chi connectivity index (χ0n) is 13.7. The minimum absolute atomic E-state index is 0.0510. The predicted octanol–water partition coefficient (Wildman–Crippen LogP) is 2.51. The summed E-state index contributed by atoms with van der Waals surface area (Å²) in [5, 5.41) is 13.9. The smallest absolute Gasteiger partial charge is 0.336 e. The standard InChI is InChI=1S/C16H12F3N5O2S/c17-16(18,19)9-1-2-12(22-7-9)11(6-20)13(25)5-10-8-27-15(23-10)24-4-3-21-14(24)26/h1-2,7-8,11H,3-5H2,(H,21,26). The van der Waals surface area contributed by atoms with E-state index in [0.717, 1.165) is 12.1 Å². The Morgan fingerprint density at radius 2 is 2.22 bits per heavy atom. The van der Waals surface area contributed by atoms with Crippen molar-refractivity contribution >= 4 is 28.3 Å². The van der Waals surface area contributed by atoms with Crippen molar-refractivity contribution in [2.75, 3.05) is 18.0 Å². The summed E-state index contributed by atoms with van der Waals surface area (Å²) in [6, 6.07) is 3.31. The van der Waals surface area contributed by atoms with Gasteiger partial charge in [0.05, 0.1) is 29.4 Å². The number of nitrogens with one attached hydrogen (secondary N) is 1. The first-order chi connectivity index (χ1) is 12.8. The molecular formula is C16H12F3N5O2S. The highest BCUT2D eigenvalue weighted by Gasteiger charge is 2.32. The number of amides is 2. The lowest BCUT2D eigenvalue weighted by atomic mass is 9.97. The number of aromatic nitrogens is 2. The molecule has 1 atom stereocenters. The van der Waals surface area contributed by atoms with E-state index in [0.29, 0.717) is 30.1 Å². The first kappa shape index (κ1) is 18.8. The second-order valence-corrected chi connectivity index (χ2v) is 6.52. The van der Waals surface area contributed by atoms with Crippen LogP contribution in [0.1, 0.15) is 22.9 Å². The summed E-state index contributed by atoms with van der Waals surface area (Å²) in [7, 11) is 0. The van der Waals surface area contributed by atoms with Crippen molar-refractivity contribution in [1.82, 2.24) is 15.3 Å². The maximum absolute atomic E-state index is 12.6. The van der Waals surface area contributed by atoms with Gasteiger partial charge < -0.3 is 5.32 Å². The number of anilines is 1. The van der Waals surface area contributed by atoms with Crippen LogP contribution >= 0.6 is 11.3 Å². The van der Waals surface area contributed by atoms with Gasteiger partial charge >= 0.3 is 12.2 Å². The number of alkyl halides is 3. The van der Waals surface area contributed by atoms with E-state index < -0.39 is 23.4 Å². The number of nitriles is 1. The molecule has 1 saturated heterocycles. The third-order valence-electron chi connectivity index (χ3n) is 3.84. The lowest BCUT2D eigenvalue weighted by molar-refractivity contribution is -0.137. The highest BCUT2D eigenvalue weighted by atomic mass is 32.1. The van der Waals surface area contributed by atoms with E-state index in [2.05, 4.69) is 15.3 Å². The molecule has 3 heterocycles. The van der Waals surface area contributed by atoms with Crippen LogP contribution in [0.15, 0.2) is 23.7 Å². The molecule has 1 N–H and O–H groups in total. The Labute approximate surface area is 155 Å². The number of rotatable bonds is 5. The van der Waals surface area contributed by atoms with Gasteiger partial charge in [-0.2, -0.15) is 18.4 Å². The molecular weight excluding hydrogens is 383 g/mol. The molecule has 0 aliphatic carbocycles. The summed E-state index contributed by atoms with van der Waals surface area (Å²) in [4.78, 5) is 33.3. The number of carbonyl (C=O) groups is 2. The minimum Gasteiger partial charge on any atom is -0.336 e. The number of pyridine rings is 1. The zero-order valence-corrected chi connectivity index (χ0v) is 14.5. The van der Waals surface area contributed by atoms with Gasteiger partial charge in [-0.3, -0.25) is 14.7 Å². The van der Waals surface area contributed by atoms with Crippen LogP contribution in [0.5, 0.6) is 0 Å². The van der Waals surface area contributed by atoms with Crippen molar-refractivity contribution in [3.05, 3.63) is 40.7 Å². The van der Waals surface area contributed by atoms with Crippen LogP contribution in [0.3, 0.4) is 0 Å². The van der Waals surface area contributed by atoms with Crippen LogP contribution in [0, 0.1) is 11.3 Å². The monoisotopic (exact) mass is 395 g/mol. The number of thiazole rings is 1. The van der Waals surface area contributed by atoms with Crippen LogP contribution in [0.25, 0.3) is 0 Å². The Kier molecular flexibility index (Phi) is 5.09. The molecule has 0 radical (unpaired) electrons. The van der Waals surface area contributed by atoms with Crippen LogP contribution in [-0.2, 0) is 17.4 Å². The molecule has 0 spiro atoms. The summed E-state index contributed by atoms with van der Waals surface area (Å²) < 4.78 is 37.8. The van der Waals surface area contributed by atoms with Crippen LogP contribution in [-0.4, -0.2) is 34.9 Å². The number of hydrogen-bond donors (Lipinski definition) is 1. The molecule has 1 unspecified atom stereocenters. The van der Waals surface area contributed by atoms with E-state index in [9.17, 15) is 28.0 Å². The van der Waals surface area contributed by atoms with Gasteiger partial charge in [0.2, 0.25) is 0 Å². The first-order valence-electron chi connectivity index (χ1n) is 7.75. The lowest BCUT2D eigenvalue weighted by Crippen LogP contribution is -2.27. The van der Waals surface area contributed by atoms with E-state index in [-0.39, 0.29) is 18.1 Å². The van der Waals surface area contributed by atoms with E-state index in [1.165, 1.54) is 16.2 Å². The highest BCUT2D eigenvalue weighted by Crippen LogP contribution is 2.29. The molecule has 27 heavy (non-hydrogen) atoms. The molecule has 1 fully saturated rings. The first-order valence-corrected chi connectivity index (χ1v) is 8.63. The van der Waals surface area contributed by atoms with Gasteiger partial charge in [0.1, 0.15) is 5.92 Å². The Balaban J connectivity index is 1.72. The second kappa shape index (κ2) is 7.32. The second-order valence-electron chi connectivity index (χ2n) is 5.68. The van der Waals surface area contributed by atoms with E-state index in [1.54, 1.807) is 11.4 Å². The summed E-state index contributed by atoms with van der Waals surface area (Å²) in [6.45, 7) is 0.971. The maximum atomic E-state index is 12.6. The zero-order chi connectivity index (χ0) is 19.6. The Hall–Kier alpha value is -3.00. The van der Waals surface area contributed by atoms with Crippen LogP contribution in [0.4, 0.5) is 23.1 Å². The molecule has 140 valence electrons. The van der Waals surface area contributed by atoms with Crippen molar-refractivity contribution in [3.63, 3.8) is 0 Å². The van der Waals surface area contributed by atoms with Gasteiger partial charge in [0, 0.05) is 24.7 Å². The number of nitrogens with zero attached hydrogens (tertiary/aromatic N) is 4. The highest BCUT2D eigenvalue weighted by molar-refractivity contribution is 7.14. The van der Waals surface area contributed by atoms with Gasteiger partial charge in [-0.1, -0.05) is 0 Å². The van der Waals surface area contributed by atoms with Crippen LogP contribution in [0.2, 0.25) is 0 Å². The molecule has 7 nitrogen and oxygen atoms in total. The molecule has 0 aromatic carbocycles. The molecule has 2 aromatic heterocycles. The molecule has 0 bridgehead atoms. The molecule has 2 amide bonds. The molecule has 3 rings (SSSR count). The molecule has 2 aromatic rings.